The smallest absolute Gasteiger partial charge is 0.255 e. The second kappa shape index (κ2) is 5.77. The molecule has 0 radical (unpaired) electrons. The minimum Gasteiger partial charge on any atom is -0.496 e. The van der Waals surface area contributed by atoms with Crippen LogP contribution in [0.1, 0.15) is 40.3 Å². The summed E-state index contributed by atoms with van der Waals surface area (Å²) in [4.78, 5) is 12.3. The average Bonchev–Trinajstić information content (AvgIpc) is 2.78. The molecule has 106 valence electrons. The number of hydrogen-bond donors (Lipinski definition) is 2. The lowest BCUT2D eigenvalue weighted by molar-refractivity contribution is 0.0938. The van der Waals surface area contributed by atoms with Crippen LogP contribution in [0.2, 0.25) is 0 Å². The van der Waals surface area contributed by atoms with Crippen molar-refractivity contribution < 1.29 is 9.53 Å². The molecule has 2 rings (SSSR count). The van der Waals surface area contributed by atoms with Crippen molar-refractivity contribution in [3.05, 3.63) is 46.8 Å². The van der Waals surface area contributed by atoms with Gasteiger partial charge in [-0.1, -0.05) is 18.2 Å². The molecule has 1 unspecified atom stereocenters. The van der Waals surface area contributed by atoms with Gasteiger partial charge in [0.2, 0.25) is 0 Å². The van der Waals surface area contributed by atoms with E-state index >= 15 is 0 Å². The highest BCUT2D eigenvalue weighted by molar-refractivity contribution is 5.96. The van der Waals surface area contributed by atoms with Crippen LogP contribution in [0.4, 0.5) is 0 Å². The molecule has 5 nitrogen and oxygen atoms in total. The molecular formula is C15H19N3O2. The van der Waals surface area contributed by atoms with Gasteiger partial charge in [-0.25, -0.2) is 0 Å². The summed E-state index contributed by atoms with van der Waals surface area (Å²) in [5.74, 6) is 0.632. The zero-order chi connectivity index (χ0) is 14.7. The highest BCUT2D eigenvalue weighted by atomic mass is 16.5. The Balaban J connectivity index is 2.20. The SMILES string of the molecule is COc1ccccc1C(C)NC(=O)c1c(C)n[nH]c1C. The third-order valence-corrected chi connectivity index (χ3v) is 3.31. The maximum absolute atomic E-state index is 12.3. The van der Waals surface area contributed by atoms with Gasteiger partial charge in [0.15, 0.2) is 0 Å². The van der Waals surface area contributed by atoms with Crippen LogP contribution in [0.5, 0.6) is 5.75 Å². The van der Waals surface area contributed by atoms with Crippen molar-refractivity contribution >= 4 is 5.91 Å². The maximum atomic E-state index is 12.3. The summed E-state index contributed by atoms with van der Waals surface area (Å²) in [7, 11) is 1.62. The van der Waals surface area contributed by atoms with E-state index in [1.807, 2.05) is 45.0 Å². The summed E-state index contributed by atoms with van der Waals surface area (Å²) in [5.41, 5.74) is 3.02. The lowest BCUT2D eigenvalue weighted by Crippen LogP contribution is -2.27. The molecule has 2 aromatic rings. The highest BCUT2D eigenvalue weighted by Crippen LogP contribution is 2.24. The third kappa shape index (κ3) is 2.66. The Bertz CT molecular complexity index is 600. The number of benzene rings is 1. The number of aryl methyl sites for hydroxylation is 2. The Morgan fingerprint density at radius 2 is 2.05 bits per heavy atom. The Morgan fingerprint density at radius 3 is 2.65 bits per heavy atom. The van der Waals surface area contributed by atoms with Gasteiger partial charge >= 0.3 is 0 Å². The molecule has 1 atom stereocenters. The van der Waals surface area contributed by atoms with Gasteiger partial charge in [-0.3, -0.25) is 9.89 Å². The number of ether oxygens (including phenoxy) is 1. The van der Waals surface area contributed by atoms with E-state index in [0.29, 0.717) is 11.3 Å². The monoisotopic (exact) mass is 273 g/mol. The summed E-state index contributed by atoms with van der Waals surface area (Å²) in [6.07, 6.45) is 0. The van der Waals surface area contributed by atoms with Gasteiger partial charge < -0.3 is 10.1 Å². The van der Waals surface area contributed by atoms with Crippen LogP contribution >= 0.6 is 0 Å². The second-order valence-corrected chi connectivity index (χ2v) is 4.75. The molecule has 0 saturated carbocycles. The first-order valence-electron chi connectivity index (χ1n) is 6.50. The highest BCUT2D eigenvalue weighted by Gasteiger charge is 2.19. The molecule has 0 fully saturated rings. The topological polar surface area (TPSA) is 67.0 Å². The zero-order valence-electron chi connectivity index (χ0n) is 12.2. The zero-order valence-corrected chi connectivity index (χ0v) is 12.2. The number of amides is 1. The van der Waals surface area contributed by atoms with Crippen LogP contribution in [0.3, 0.4) is 0 Å². The molecule has 2 N–H and O–H groups in total. The fraction of sp³-hybridized carbons (Fsp3) is 0.333. The van der Waals surface area contributed by atoms with Crippen molar-refractivity contribution in [1.29, 1.82) is 0 Å². The number of carbonyl (C=O) groups is 1. The second-order valence-electron chi connectivity index (χ2n) is 4.75. The van der Waals surface area contributed by atoms with Gasteiger partial charge in [0.25, 0.3) is 5.91 Å². The number of methoxy groups -OCH3 is 1. The van der Waals surface area contributed by atoms with Crippen LogP contribution in [-0.4, -0.2) is 23.2 Å². The largest absolute Gasteiger partial charge is 0.496 e. The molecule has 1 amide bonds. The van der Waals surface area contributed by atoms with Crippen LogP contribution in [0.25, 0.3) is 0 Å². The predicted molar refractivity (Wildman–Crippen MR) is 76.9 cm³/mol. The van der Waals surface area contributed by atoms with Crippen LogP contribution < -0.4 is 10.1 Å². The standard InChI is InChI=1S/C15H19N3O2/c1-9(12-7-5-6-8-13(12)20-4)16-15(19)14-10(2)17-18-11(14)3/h5-9H,1-4H3,(H,16,19)(H,17,18). The van der Waals surface area contributed by atoms with E-state index in [1.54, 1.807) is 7.11 Å². The number of aromatic amines is 1. The van der Waals surface area contributed by atoms with Crippen LogP contribution in [0, 0.1) is 13.8 Å². The number of aromatic nitrogens is 2. The Labute approximate surface area is 118 Å². The number of carbonyl (C=O) groups excluding carboxylic acids is 1. The van der Waals surface area contributed by atoms with Crippen LogP contribution in [0.15, 0.2) is 24.3 Å². The van der Waals surface area contributed by atoms with E-state index in [-0.39, 0.29) is 11.9 Å². The van der Waals surface area contributed by atoms with Crippen molar-refractivity contribution in [2.24, 2.45) is 0 Å². The van der Waals surface area contributed by atoms with Crippen molar-refractivity contribution in [3.8, 4) is 5.75 Å². The summed E-state index contributed by atoms with van der Waals surface area (Å²) in [6.45, 7) is 5.58. The molecule has 1 aromatic heterocycles. The summed E-state index contributed by atoms with van der Waals surface area (Å²) in [6, 6.07) is 7.51. The normalized spacial score (nSPS) is 12.0. The fourth-order valence-corrected chi connectivity index (χ4v) is 2.26. The summed E-state index contributed by atoms with van der Waals surface area (Å²) >= 11 is 0. The van der Waals surface area contributed by atoms with E-state index in [0.717, 1.165) is 17.0 Å². The molecule has 1 aromatic carbocycles. The maximum Gasteiger partial charge on any atom is 0.255 e. The Hall–Kier alpha value is -2.30. The third-order valence-electron chi connectivity index (χ3n) is 3.31. The lowest BCUT2D eigenvalue weighted by Gasteiger charge is -2.17. The lowest BCUT2D eigenvalue weighted by atomic mass is 10.1. The van der Waals surface area contributed by atoms with Gasteiger partial charge in [0.1, 0.15) is 5.75 Å². The van der Waals surface area contributed by atoms with Gasteiger partial charge in [-0.05, 0) is 26.8 Å². The van der Waals surface area contributed by atoms with Gasteiger partial charge in [-0.2, -0.15) is 5.10 Å². The first-order chi connectivity index (χ1) is 9.54. The molecule has 5 heteroatoms. The number of nitrogens with one attached hydrogen (secondary N) is 2. The molecule has 0 aliphatic heterocycles. The van der Waals surface area contributed by atoms with E-state index in [9.17, 15) is 4.79 Å². The van der Waals surface area contributed by atoms with E-state index in [4.69, 9.17) is 4.74 Å². The molecule has 20 heavy (non-hydrogen) atoms. The Morgan fingerprint density at radius 1 is 1.35 bits per heavy atom. The summed E-state index contributed by atoms with van der Waals surface area (Å²) in [5, 5.41) is 9.83. The number of H-pyrrole nitrogens is 1. The molecule has 0 aliphatic rings. The first-order valence-corrected chi connectivity index (χ1v) is 6.50. The van der Waals surface area contributed by atoms with Gasteiger partial charge in [-0.15, -0.1) is 0 Å². The quantitative estimate of drug-likeness (QED) is 0.899. The van der Waals surface area contributed by atoms with Crippen molar-refractivity contribution in [2.45, 2.75) is 26.8 Å². The van der Waals surface area contributed by atoms with E-state index in [1.165, 1.54) is 0 Å². The molecular weight excluding hydrogens is 254 g/mol. The molecule has 0 saturated heterocycles. The predicted octanol–water partition coefficient (Wildman–Crippen LogP) is 2.53. The molecule has 0 aliphatic carbocycles. The van der Waals surface area contributed by atoms with Crippen LogP contribution in [-0.2, 0) is 0 Å². The molecule has 0 spiro atoms. The summed E-state index contributed by atoms with van der Waals surface area (Å²) < 4.78 is 5.32. The Kier molecular flexibility index (Phi) is 4.08. The number of para-hydroxylation sites is 1. The minimum absolute atomic E-state index is 0.132. The molecule has 0 bridgehead atoms. The number of hydrogen-bond acceptors (Lipinski definition) is 3. The van der Waals surface area contributed by atoms with Crippen molar-refractivity contribution in [1.82, 2.24) is 15.5 Å². The minimum atomic E-state index is -0.146. The average molecular weight is 273 g/mol. The van der Waals surface area contributed by atoms with E-state index < -0.39 is 0 Å². The van der Waals surface area contributed by atoms with Gasteiger partial charge in [0, 0.05) is 11.3 Å². The molecule has 1 heterocycles. The number of nitrogens with zero attached hydrogens (tertiary/aromatic N) is 1. The number of rotatable bonds is 4. The first kappa shape index (κ1) is 14.1. The van der Waals surface area contributed by atoms with Gasteiger partial charge in [0.05, 0.1) is 24.4 Å². The van der Waals surface area contributed by atoms with Crippen molar-refractivity contribution in [3.63, 3.8) is 0 Å². The van der Waals surface area contributed by atoms with E-state index in [2.05, 4.69) is 15.5 Å². The van der Waals surface area contributed by atoms with Crippen molar-refractivity contribution in [2.75, 3.05) is 7.11 Å². The fourth-order valence-electron chi connectivity index (χ4n) is 2.26.